The lowest BCUT2D eigenvalue weighted by Gasteiger charge is -2.13. The zero-order valence-electron chi connectivity index (χ0n) is 13.1. The molecule has 22 heavy (non-hydrogen) atoms. The molecule has 0 bridgehead atoms. The molecule has 0 spiro atoms. The lowest BCUT2D eigenvalue weighted by atomic mass is 10.2. The fourth-order valence-electron chi connectivity index (χ4n) is 2.27. The monoisotopic (exact) mass is 319 g/mol. The topological polar surface area (TPSA) is 61.8 Å². The summed E-state index contributed by atoms with van der Waals surface area (Å²) < 4.78 is 0. The minimum atomic E-state index is -0.380. The quantitative estimate of drug-likeness (QED) is 0.907. The molecule has 2 rings (SSSR count). The van der Waals surface area contributed by atoms with Crippen molar-refractivity contribution in [3.05, 3.63) is 29.8 Å². The number of carbonyl (C=O) groups excluding carboxylic acids is 2. The van der Waals surface area contributed by atoms with Crippen molar-refractivity contribution >= 4 is 34.4 Å². The summed E-state index contributed by atoms with van der Waals surface area (Å²) in [5.74, 6) is -0.173. The predicted octanol–water partition coefficient (Wildman–Crippen LogP) is 2.66. The molecule has 5 nitrogen and oxygen atoms in total. The van der Waals surface area contributed by atoms with Crippen LogP contribution in [0.5, 0.6) is 0 Å². The number of anilines is 1. The Hall–Kier alpha value is -1.82. The van der Waals surface area contributed by atoms with Crippen LogP contribution in [-0.2, 0) is 9.59 Å². The second-order valence-corrected chi connectivity index (χ2v) is 6.18. The van der Waals surface area contributed by atoms with Crippen LogP contribution in [0.15, 0.2) is 29.3 Å². The lowest BCUT2D eigenvalue weighted by Crippen LogP contribution is -2.33. The number of para-hydroxylation sites is 1. The summed E-state index contributed by atoms with van der Waals surface area (Å²) in [5.41, 5.74) is 1.79. The average Bonchev–Trinajstić information content (AvgIpc) is 2.77. The fraction of sp³-hybridized carbons (Fsp3) is 0.438. The number of benzene rings is 1. The van der Waals surface area contributed by atoms with E-state index >= 15 is 0 Å². The Kier molecular flexibility index (Phi) is 5.60. The summed E-state index contributed by atoms with van der Waals surface area (Å²) in [6.45, 7) is 7.01. The van der Waals surface area contributed by atoms with Crippen LogP contribution in [0.25, 0.3) is 0 Å². The summed E-state index contributed by atoms with van der Waals surface area (Å²) in [5, 5.41) is 3.22. The Morgan fingerprint density at radius 2 is 2.09 bits per heavy atom. The largest absolute Gasteiger partial charge is 0.326 e. The van der Waals surface area contributed by atoms with E-state index in [0.29, 0.717) is 13.1 Å². The van der Waals surface area contributed by atoms with Gasteiger partial charge in [-0.25, -0.2) is 0 Å². The zero-order chi connectivity index (χ0) is 16.1. The predicted molar refractivity (Wildman–Crippen MR) is 91.2 cm³/mol. The third-order valence-electron chi connectivity index (χ3n) is 3.42. The minimum absolute atomic E-state index is 0.0281. The molecule has 6 heteroatoms. The summed E-state index contributed by atoms with van der Waals surface area (Å²) in [6.07, 6.45) is 0.164. The van der Waals surface area contributed by atoms with Gasteiger partial charge in [-0.1, -0.05) is 30.0 Å². The Morgan fingerprint density at radius 3 is 2.73 bits per heavy atom. The number of aliphatic imine (C=N–C) groups is 1. The standard InChI is InChI=1S/C16H21N3O2S/c1-4-17-16-19(5-2)15(21)13(22-16)10-14(20)18-12-9-7-6-8-11(12)3/h6-9,13H,4-5,10H2,1-3H3,(H,18,20)/t13-/m1/s1. The fourth-order valence-corrected chi connectivity index (χ4v) is 3.54. The molecule has 1 atom stereocenters. The van der Waals surface area contributed by atoms with Gasteiger partial charge in [0.15, 0.2) is 5.17 Å². The number of nitrogens with one attached hydrogen (secondary N) is 1. The third kappa shape index (κ3) is 3.68. The van der Waals surface area contributed by atoms with Crippen molar-refractivity contribution in [2.45, 2.75) is 32.4 Å². The van der Waals surface area contributed by atoms with Crippen molar-refractivity contribution in [1.29, 1.82) is 0 Å². The van der Waals surface area contributed by atoms with E-state index in [0.717, 1.165) is 16.4 Å². The van der Waals surface area contributed by atoms with Gasteiger partial charge in [0.05, 0.1) is 0 Å². The molecule has 1 heterocycles. The highest BCUT2D eigenvalue weighted by atomic mass is 32.2. The van der Waals surface area contributed by atoms with Crippen LogP contribution in [0.3, 0.4) is 0 Å². The lowest BCUT2D eigenvalue weighted by molar-refractivity contribution is -0.128. The zero-order valence-corrected chi connectivity index (χ0v) is 13.9. The minimum Gasteiger partial charge on any atom is -0.326 e. The average molecular weight is 319 g/mol. The van der Waals surface area contributed by atoms with Crippen LogP contribution in [0.1, 0.15) is 25.8 Å². The number of amidine groups is 1. The Morgan fingerprint density at radius 1 is 1.36 bits per heavy atom. The number of rotatable bonds is 5. The van der Waals surface area contributed by atoms with Crippen molar-refractivity contribution in [3.63, 3.8) is 0 Å². The summed E-state index contributed by atoms with van der Waals surface area (Å²) in [7, 11) is 0. The molecule has 1 N–H and O–H groups in total. The molecule has 2 amide bonds. The van der Waals surface area contributed by atoms with Gasteiger partial charge in [0.25, 0.3) is 0 Å². The van der Waals surface area contributed by atoms with Crippen molar-refractivity contribution in [1.82, 2.24) is 4.90 Å². The third-order valence-corrected chi connectivity index (χ3v) is 4.63. The maximum atomic E-state index is 12.3. The van der Waals surface area contributed by atoms with E-state index in [9.17, 15) is 9.59 Å². The van der Waals surface area contributed by atoms with E-state index in [1.165, 1.54) is 11.8 Å². The van der Waals surface area contributed by atoms with Crippen molar-refractivity contribution < 1.29 is 9.59 Å². The number of carbonyl (C=O) groups is 2. The first-order valence-electron chi connectivity index (χ1n) is 7.44. The molecule has 1 aliphatic heterocycles. The number of nitrogens with zero attached hydrogens (tertiary/aromatic N) is 2. The van der Waals surface area contributed by atoms with Gasteiger partial charge in [0.1, 0.15) is 5.25 Å². The van der Waals surface area contributed by atoms with Crippen molar-refractivity contribution in [2.75, 3.05) is 18.4 Å². The van der Waals surface area contributed by atoms with Gasteiger partial charge in [-0.15, -0.1) is 0 Å². The van der Waals surface area contributed by atoms with E-state index < -0.39 is 0 Å². The number of hydrogen-bond donors (Lipinski definition) is 1. The van der Waals surface area contributed by atoms with Crippen LogP contribution >= 0.6 is 11.8 Å². The van der Waals surface area contributed by atoms with Gasteiger partial charge < -0.3 is 5.32 Å². The molecular formula is C16H21N3O2S. The molecule has 0 saturated carbocycles. The Bertz CT molecular complexity index is 601. The smallest absolute Gasteiger partial charge is 0.242 e. The molecule has 1 saturated heterocycles. The van der Waals surface area contributed by atoms with Gasteiger partial charge in [0, 0.05) is 25.2 Å². The Labute approximate surface area is 135 Å². The summed E-state index contributed by atoms with van der Waals surface area (Å²) in [4.78, 5) is 30.5. The first-order chi connectivity index (χ1) is 10.6. The normalized spacial score (nSPS) is 19.8. The second kappa shape index (κ2) is 7.45. The van der Waals surface area contributed by atoms with Crippen LogP contribution in [-0.4, -0.2) is 40.2 Å². The van der Waals surface area contributed by atoms with Gasteiger partial charge in [-0.05, 0) is 32.4 Å². The van der Waals surface area contributed by atoms with Crippen molar-refractivity contribution in [3.8, 4) is 0 Å². The maximum absolute atomic E-state index is 12.3. The molecule has 1 aliphatic rings. The molecule has 1 aromatic carbocycles. The number of aryl methyl sites for hydroxylation is 1. The molecule has 0 aliphatic carbocycles. The molecule has 118 valence electrons. The van der Waals surface area contributed by atoms with Gasteiger partial charge in [-0.3, -0.25) is 19.5 Å². The number of hydrogen-bond acceptors (Lipinski definition) is 4. The van der Waals surface area contributed by atoms with Gasteiger partial charge >= 0.3 is 0 Å². The molecule has 0 radical (unpaired) electrons. The highest BCUT2D eigenvalue weighted by Crippen LogP contribution is 2.29. The van der Waals surface area contributed by atoms with Crippen LogP contribution in [0, 0.1) is 6.92 Å². The van der Waals surface area contributed by atoms with Gasteiger partial charge in [-0.2, -0.15) is 0 Å². The molecule has 1 fully saturated rings. The first kappa shape index (κ1) is 16.5. The second-order valence-electron chi connectivity index (χ2n) is 5.01. The Balaban J connectivity index is 2.02. The highest BCUT2D eigenvalue weighted by Gasteiger charge is 2.38. The van der Waals surface area contributed by atoms with E-state index in [-0.39, 0.29) is 23.5 Å². The summed E-state index contributed by atoms with van der Waals surface area (Å²) in [6, 6.07) is 7.60. The van der Waals surface area contributed by atoms with Crippen molar-refractivity contribution in [2.24, 2.45) is 4.99 Å². The maximum Gasteiger partial charge on any atom is 0.242 e. The van der Waals surface area contributed by atoms with E-state index in [4.69, 9.17) is 0 Å². The van der Waals surface area contributed by atoms with E-state index in [1.54, 1.807) is 4.90 Å². The van der Waals surface area contributed by atoms with Crippen LogP contribution < -0.4 is 5.32 Å². The first-order valence-corrected chi connectivity index (χ1v) is 8.32. The highest BCUT2D eigenvalue weighted by molar-refractivity contribution is 8.15. The summed E-state index contributed by atoms with van der Waals surface area (Å²) >= 11 is 1.38. The van der Waals surface area contributed by atoms with E-state index in [1.807, 2.05) is 45.0 Å². The van der Waals surface area contributed by atoms with Crippen LogP contribution in [0.2, 0.25) is 0 Å². The molecular weight excluding hydrogens is 298 g/mol. The van der Waals surface area contributed by atoms with E-state index in [2.05, 4.69) is 10.3 Å². The number of thioether (sulfide) groups is 1. The molecule has 0 aromatic heterocycles. The molecule has 0 unspecified atom stereocenters. The number of amides is 2. The van der Waals surface area contributed by atoms with Gasteiger partial charge in [0.2, 0.25) is 11.8 Å². The van der Waals surface area contributed by atoms with Crippen LogP contribution in [0.4, 0.5) is 5.69 Å². The SMILES string of the molecule is CCN=C1S[C@H](CC(=O)Nc2ccccc2C)C(=O)N1CC. The molecule has 1 aromatic rings.